The number of ether oxygens (including phenoxy) is 1. The first kappa shape index (κ1) is 20.0. The monoisotopic (exact) mass is 455 g/mol. The van der Waals surface area contributed by atoms with E-state index in [1.165, 1.54) is 10.9 Å². The Balaban J connectivity index is 1.35. The number of benzene rings is 2. The molecule has 29 heavy (non-hydrogen) atoms. The van der Waals surface area contributed by atoms with E-state index < -0.39 is 0 Å². The number of hydrogen-bond acceptors (Lipinski definition) is 3. The fourth-order valence-electron chi connectivity index (χ4n) is 4.10. The van der Waals surface area contributed by atoms with Crippen molar-refractivity contribution >= 4 is 38.4 Å². The van der Waals surface area contributed by atoms with Crippen LogP contribution in [0.25, 0.3) is 10.9 Å². The molecule has 1 amide bonds. The largest absolute Gasteiger partial charge is 0.497 e. The summed E-state index contributed by atoms with van der Waals surface area (Å²) >= 11 is 3.52. The van der Waals surface area contributed by atoms with Gasteiger partial charge in [-0.05, 0) is 96.2 Å². The minimum absolute atomic E-state index is 0.0323. The number of rotatable bonds is 5. The molecule has 0 spiro atoms. The van der Waals surface area contributed by atoms with Gasteiger partial charge in [-0.15, -0.1) is 0 Å². The summed E-state index contributed by atoms with van der Waals surface area (Å²) in [5, 5.41) is 4.25. The molecule has 6 heteroatoms. The summed E-state index contributed by atoms with van der Waals surface area (Å²) in [5.41, 5.74) is 4.48. The Labute approximate surface area is 179 Å². The van der Waals surface area contributed by atoms with Crippen molar-refractivity contribution in [3.63, 3.8) is 0 Å². The number of carbonyl (C=O) groups is 1. The van der Waals surface area contributed by atoms with Crippen LogP contribution in [0, 0.1) is 6.92 Å². The third-order valence-electron chi connectivity index (χ3n) is 5.71. The van der Waals surface area contributed by atoms with Crippen LogP contribution in [0.2, 0.25) is 0 Å². The standard InChI is InChI=1S/C23H26BrN3O2/c1-15-3-5-22(20(24)11-15)26-23(28)14-27-9-7-16(8-10-27)19-13-25-21-6-4-17(29-2)12-18(19)21/h3-6,11-13,16,25H,7-10,14H2,1-2H3,(H,26,28). The van der Waals surface area contributed by atoms with E-state index in [0.717, 1.165) is 52.9 Å². The Morgan fingerprint density at radius 3 is 2.76 bits per heavy atom. The molecule has 0 unspecified atom stereocenters. The summed E-state index contributed by atoms with van der Waals surface area (Å²) < 4.78 is 6.30. The summed E-state index contributed by atoms with van der Waals surface area (Å²) in [4.78, 5) is 18.1. The van der Waals surface area contributed by atoms with Crippen LogP contribution in [0.15, 0.2) is 47.1 Å². The zero-order chi connectivity index (χ0) is 20.4. The number of fused-ring (bicyclic) bond motifs is 1. The van der Waals surface area contributed by atoms with E-state index in [9.17, 15) is 4.79 Å². The van der Waals surface area contributed by atoms with Crippen LogP contribution in [0.5, 0.6) is 5.75 Å². The molecule has 1 aromatic heterocycles. The van der Waals surface area contributed by atoms with Crippen molar-refractivity contribution in [3.8, 4) is 5.75 Å². The number of aromatic nitrogens is 1. The Morgan fingerprint density at radius 2 is 2.03 bits per heavy atom. The summed E-state index contributed by atoms with van der Waals surface area (Å²) in [7, 11) is 1.70. The van der Waals surface area contributed by atoms with Gasteiger partial charge >= 0.3 is 0 Å². The molecular formula is C23H26BrN3O2. The van der Waals surface area contributed by atoms with Gasteiger partial charge in [0.1, 0.15) is 5.75 Å². The highest BCUT2D eigenvalue weighted by Crippen LogP contribution is 2.34. The molecule has 4 rings (SSSR count). The minimum atomic E-state index is 0.0323. The molecule has 1 fully saturated rings. The van der Waals surface area contributed by atoms with E-state index in [1.54, 1.807) is 7.11 Å². The van der Waals surface area contributed by atoms with E-state index >= 15 is 0 Å². The Kier molecular flexibility index (Phi) is 5.92. The number of methoxy groups -OCH3 is 1. The van der Waals surface area contributed by atoms with Crippen LogP contribution < -0.4 is 10.1 Å². The van der Waals surface area contributed by atoms with Gasteiger partial charge in [-0.3, -0.25) is 9.69 Å². The molecular weight excluding hydrogens is 430 g/mol. The molecule has 0 aliphatic carbocycles. The molecule has 1 aliphatic rings. The van der Waals surface area contributed by atoms with Crippen molar-refractivity contribution in [1.29, 1.82) is 0 Å². The van der Waals surface area contributed by atoms with Gasteiger partial charge in [0.05, 0.1) is 19.3 Å². The number of H-pyrrole nitrogens is 1. The first-order chi connectivity index (χ1) is 14.0. The van der Waals surface area contributed by atoms with Gasteiger partial charge in [0, 0.05) is 21.6 Å². The Morgan fingerprint density at radius 1 is 1.24 bits per heavy atom. The highest BCUT2D eigenvalue weighted by molar-refractivity contribution is 9.10. The lowest BCUT2D eigenvalue weighted by molar-refractivity contribution is -0.117. The van der Waals surface area contributed by atoms with Crippen LogP contribution in [-0.2, 0) is 4.79 Å². The third-order valence-corrected chi connectivity index (χ3v) is 6.37. The van der Waals surface area contributed by atoms with Gasteiger partial charge < -0.3 is 15.0 Å². The molecule has 2 heterocycles. The normalized spacial score (nSPS) is 15.6. The maximum absolute atomic E-state index is 12.5. The van der Waals surface area contributed by atoms with Gasteiger partial charge in [-0.2, -0.15) is 0 Å². The van der Waals surface area contributed by atoms with Gasteiger partial charge in [0.2, 0.25) is 5.91 Å². The quantitative estimate of drug-likeness (QED) is 0.564. The van der Waals surface area contributed by atoms with Crippen LogP contribution in [0.4, 0.5) is 5.69 Å². The number of anilines is 1. The SMILES string of the molecule is COc1ccc2[nH]cc(C3CCN(CC(=O)Nc4ccc(C)cc4Br)CC3)c2c1. The number of piperidine rings is 1. The van der Waals surface area contributed by atoms with Gasteiger partial charge in [0.25, 0.3) is 0 Å². The third kappa shape index (κ3) is 4.49. The average molecular weight is 456 g/mol. The van der Waals surface area contributed by atoms with Gasteiger partial charge in [0.15, 0.2) is 0 Å². The summed E-state index contributed by atoms with van der Waals surface area (Å²) in [6.45, 7) is 4.30. The van der Waals surface area contributed by atoms with Crippen LogP contribution in [-0.4, -0.2) is 42.5 Å². The second-order valence-corrected chi connectivity index (χ2v) is 8.59. The first-order valence-corrected chi connectivity index (χ1v) is 10.8. The molecule has 0 saturated carbocycles. The predicted molar refractivity (Wildman–Crippen MR) is 121 cm³/mol. The lowest BCUT2D eigenvalue weighted by atomic mass is 9.89. The first-order valence-electron chi connectivity index (χ1n) is 9.97. The topological polar surface area (TPSA) is 57.4 Å². The molecule has 1 saturated heterocycles. The van der Waals surface area contributed by atoms with Crippen LogP contribution in [0.3, 0.4) is 0 Å². The molecule has 3 aromatic rings. The van der Waals surface area contributed by atoms with E-state index in [1.807, 2.05) is 31.2 Å². The number of nitrogens with zero attached hydrogens (tertiary/aromatic N) is 1. The minimum Gasteiger partial charge on any atom is -0.497 e. The summed E-state index contributed by atoms with van der Waals surface area (Å²) in [5.74, 6) is 1.42. The Hall–Kier alpha value is -2.31. The number of carbonyl (C=O) groups excluding carboxylic acids is 1. The van der Waals surface area contributed by atoms with E-state index in [4.69, 9.17) is 4.74 Å². The van der Waals surface area contributed by atoms with Crippen molar-refractivity contribution in [2.24, 2.45) is 0 Å². The molecule has 2 aromatic carbocycles. The number of halogens is 1. The maximum atomic E-state index is 12.5. The fourth-order valence-corrected chi connectivity index (χ4v) is 4.69. The van der Waals surface area contributed by atoms with E-state index in [0.29, 0.717) is 12.5 Å². The molecule has 2 N–H and O–H groups in total. The second kappa shape index (κ2) is 8.59. The van der Waals surface area contributed by atoms with Crippen LogP contribution in [0.1, 0.15) is 29.9 Å². The average Bonchev–Trinajstić information content (AvgIpc) is 3.14. The van der Waals surface area contributed by atoms with E-state index in [2.05, 4.69) is 49.5 Å². The number of hydrogen-bond donors (Lipinski definition) is 2. The fraction of sp³-hybridized carbons (Fsp3) is 0.348. The number of nitrogens with one attached hydrogen (secondary N) is 2. The lowest BCUT2D eigenvalue weighted by Crippen LogP contribution is -2.38. The maximum Gasteiger partial charge on any atom is 0.238 e. The number of aryl methyl sites for hydroxylation is 1. The lowest BCUT2D eigenvalue weighted by Gasteiger charge is -2.31. The summed E-state index contributed by atoms with van der Waals surface area (Å²) in [6.07, 6.45) is 4.23. The molecule has 0 bridgehead atoms. The van der Waals surface area contributed by atoms with Gasteiger partial charge in [-0.25, -0.2) is 0 Å². The van der Waals surface area contributed by atoms with Crippen molar-refractivity contribution in [1.82, 2.24) is 9.88 Å². The van der Waals surface area contributed by atoms with E-state index in [-0.39, 0.29) is 5.91 Å². The second-order valence-electron chi connectivity index (χ2n) is 7.74. The van der Waals surface area contributed by atoms with Crippen LogP contribution >= 0.6 is 15.9 Å². The van der Waals surface area contributed by atoms with Crippen molar-refractivity contribution in [3.05, 3.63) is 58.2 Å². The molecule has 1 aliphatic heterocycles. The van der Waals surface area contributed by atoms with Crippen molar-refractivity contribution in [2.45, 2.75) is 25.7 Å². The van der Waals surface area contributed by atoms with Crippen molar-refractivity contribution in [2.75, 3.05) is 32.1 Å². The molecule has 152 valence electrons. The smallest absolute Gasteiger partial charge is 0.238 e. The summed E-state index contributed by atoms with van der Waals surface area (Å²) in [6, 6.07) is 12.1. The highest BCUT2D eigenvalue weighted by Gasteiger charge is 2.24. The van der Waals surface area contributed by atoms with Gasteiger partial charge in [-0.1, -0.05) is 6.07 Å². The zero-order valence-corrected chi connectivity index (χ0v) is 18.4. The predicted octanol–water partition coefficient (Wildman–Crippen LogP) is 5.07. The van der Waals surface area contributed by atoms with Crippen molar-refractivity contribution < 1.29 is 9.53 Å². The highest BCUT2D eigenvalue weighted by atomic mass is 79.9. The zero-order valence-electron chi connectivity index (χ0n) is 16.8. The molecule has 0 atom stereocenters. The number of amides is 1. The molecule has 5 nitrogen and oxygen atoms in total. The number of aromatic amines is 1. The molecule has 0 radical (unpaired) electrons. The number of likely N-dealkylation sites (tertiary alicyclic amines) is 1. The Bertz CT molecular complexity index is 1020.